The minimum atomic E-state index is -0.463. The van der Waals surface area contributed by atoms with Crippen LogP contribution in [-0.2, 0) is 4.74 Å². The van der Waals surface area contributed by atoms with Gasteiger partial charge < -0.3 is 15.4 Å². The number of pyridine rings is 1. The lowest BCUT2D eigenvalue weighted by atomic mass is 9.84. The van der Waals surface area contributed by atoms with Crippen molar-refractivity contribution in [2.75, 3.05) is 11.9 Å². The number of carbonyl (C=O) groups is 1. The molecule has 23 heavy (non-hydrogen) atoms. The molecule has 1 heterocycles. The van der Waals surface area contributed by atoms with Gasteiger partial charge in [0.15, 0.2) is 0 Å². The van der Waals surface area contributed by atoms with Gasteiger partial charge in [-0.3, -0.25) is 0 Å². The maximum absolute atomic E-state index is 11.8. The first kappa shape index (κ1) is 18.0. The van der Waals surface area contributed by atoms with Crippen LogP contribution in [0.3, 0.4) is 0 Å². The fourth-order valence-corrected chi connectivity index (χ4v) is 3.23. The molecule has 128 valence electrons. The van der Waals surface area contributed by atoms with Crippen LogP contribution in [0, 0.1) is 5.92 Å². The lowest BCUT2D eigenvalue weighted by Crippen LogP contribution is -2.42. The van der Waals surface area contributed by atoms with Gasteiger partial charge in [0.1, 0.15) is 10.2 Å². The molecule has 2 rings (SSSR count). The first-order chi connectivity index (χ1) is 10.8. The molecular formula is C17H26BrN3O2. The third kappa shape index (κ3) is 6.01. The number of amides is 1. The number of nitrogens with one attached hydrogen (secondary N) is 2. The molecule has 2 atom stereocenters. The van der Waals surface area contributed by atoms with Crippen molar-refractivity contribution in [3.05, 3.63) is 22.9 Å². The van der Waals surface area contributed by atoms with Gasteiger partial charge in [-0.15, -0.1) is 0 Å². The Morgan fingerprint density at radius 1 is 1.39 bits per heavy atom. The zero-order valence-electron chi connectivity index (χ0n) is 14.1. The van der Waals surface area contributed by atoms with Crippen LogP contribution in [0.2, 0.25) is 0 Å². The first-order valence-corrected chi connectivity index (χ1v) is 8.98. The number of carbonyl (C=O) groups excluding carboxylic acids is 1. The van der Waals surface area contributed by atoms with E-state index < -0.39 is 5.60 Å². The summed E-state index contributed by atoms with van der Waals surface area (Å²) in [5.74, 6) is 0.392. The van der Waals surface area contributed by atoms with E-state index in [1.807, 2.05) is 32.9 Å². The van der Waals surface area contributed by atoms with Crippen molar-refractivity contribution >= 4 is 27.7 Å². The van der Waals surface area contributed by atoms with Gasteiger partial charge in [-0.25, -0.2) is 9.78 Å². The number of halogens is 1. The lowest BCUT2D eigenvalue weighted by molar-refractivity contribution is 0.0514. The zero-order chi connectivity index (χ0) is 16.9. The minimum absolute atomic E-state index is 0.333. The minimum Gasteiger partial charge on any atom is -0.444 e. The van der Waals surface area contributed by atoms with Crippen molar-refractivity contribution in [1.29, 1.82) is 0 Å². The highest BCUT2D eigenvalue weighted by atomic mass is 79.9. The maximum Gasteiger partial charge on any atom is 0.407 e. The molecule has 5 nitrogen and oxygen atoms in total. The first-order valence-electron chi connectivity index (χ1n) is 8.19. The summed E-state index contributed by atoms with van der Waals surface area (Å²) in [7, 11) is 0. The summed E-state index contributed by atoms with van der Waals surface area (Å²) >= 11 is 3.47. The lowest BCUT2D eigenvalue weighted by Gasteiger charge is -2.33. The van der Waals surface area contributed by atoms with E-state index in [9.17, 15) is 4.79 Å². The molecule has 2 unspecified atom stereocenters. The molecule has 0 radical (unpaired) electrons. The fourth-order valence-electron chi connectivity index (χ4n) is 2.86. The summed E-state index contributed by atoms with van der Waals surface area (Å²) in [6, 6.07) is 4.27. The molecule has 1 aromatic heterocycles. The molecule has 1 aliphatic rings. The summed E-state index contributed by atoms with van der Waals surface area (Å²) < 4.78 is 6.14. The van der Waals surface area contributed by atoms with Gasteiger partial charge in [-0.05, 0) is 67.6 Å². The van der Waals surface area contributed by atoms with Crippen molar-refractivity contribution in [2.24, 2.45) is 5.92 Å². The quantitative estimate of drug-likeness (QED) is 0.758. The monoisotopic (exact) mass is 383 g/mol. The van der Waals surface area contributed by atoms with Gasteiger partial charge in [0.2, 0.25) is 0 Å². The maximum atomic E-state index is 11.8. The number of hydrogen-bond donors (Lipinski definition) is 2. The van der Waals surface area contributed by atoms with Crippen LogP contribution < -0.4 is 10.6 Å². The highest BCUT2D eigenvalue weighted by molar-refractivity contribution is 9.10. The average Bonchev–Trinajstić information content (AvgIpc) is 2.47. The summed E-state index contributed by atoms with van der Waals surface area (Å²) in [6.45, 7) is 6.25. The molecule has 0 aromatic carbocycles. The molecule has 1 amide bonds. The van der Waals surface area contributed by atoms with E-state index in [-0.39, 0.29) is 6.09 Å². The van der Waals surface area contributed by atoms with Crippen molar-refractivity contribution in [3.63, 3.8) is 0 Å². The second-order valence-corrected chi connectivity index (χ2v) is 7.77. The Morgan fingerprint density at radius 3 is 2.83 bits per heavy atom. The number of rotatable bonds is 4. The topological polar surface area (TPSA) is 63.2 Å². The van der Waals surface area contributed by atoms with Gasteiger partial charge in [-0.2, -0.15) is 0 Å². The molecule has 1 aliphatic carbocycles. The highest BCUT2D eigenvalue weighted by Gasteiger charge is 2.26. The zero-order valence-corrected chi connectivity index (χ0v) is 15.6. The van der Waals surface area contributed by atoms with E-state index in [4.69, 9.17) is 4.74 Å². The number of nitrogens with zero attached hydrogens (tertiary/aromatic N) is 1. The van der Waals surface area contributed by atoms with Crippen LogP contribution in [0.25, 0.3) is 0 Å². The third-order valence-electron chi connectivity index (χ3n) is 3.92. The summed E-state index contributed by atoms with van der Waals surface area (Å²) in [5.41, 5.74) is 0.538. The predicted molar refractivity (Wildman–Crippen MR) is 95.5 cm³/mol. The molecule has 0 spiro atoms. The standard InChI is InChI=1S/C17H26BrN3O2/c1-17(2,3)23-16(22)20-11-12-7-4-5-8-13(12)21-14-9-6-10-19-15(14)18/h6,9-10,12-13,21H,4-5,7-8,11H2,1-3H3,(H,20,22). The number of aromatic nitrogens is 1. The van der Waals surface area contributed by atoms with E-state index in [2.05, 4.69) is 31.5 Å². The molecule has 2 N–H and O–H groups in total. The van der Waals surface area contributed by atoms with Crippen LogP contribution >= 0.6 is 15.9 Å². The van der Waals surface area contributed by atoms with Crippen LogP contribution in [0.4, 0.5) is 10.5 Å². The smallest absolute Gasteiger partial charge is 0.407 e. The van der Waals surface area contributed by atoms with E-state index in [0.29, 0.717) is 18.5 Å². The molecular weight excluding hydrogens is 358 g/mol. The molecule has 1 fully saturated rings. The number of ether oxygens (including phenoxy) is 1. The SMILES string of the molecule is CC(C)(C)OC(=O)NCC1CCCCC1Nc1cccnc1Br. The summed E-state index contributed by atoms with van der Waals surface area (Å²) in [6.07, 6.45) is 6.03. The average molecular weight is 384 g/mol. The molecule has 0 aliphatic heterocycles. The molecule has 1 aromatic rings. The Balaban J connectivity index is 1.91. The van der Waals surface area contributed by atoms with Gasteiger partial charge in [0.25, 0.3) is 0 Å². The molecule has 0 saturated heterocycles. The summed E-state index contributed by atoms with van der Waals surface area (Å²) in [5, 5.41) is 6.48. The van der Waals surface area contributed by atoms with E-state index >= 15 is 0 Å². The largest absolute Gasteiger partial charge is 0.444 e. The second kappa shape index (κ2) is 7.99. The van der Waals surface area contributed by atoms with E-state index in [0.717, 1.165) is 23.1 Å². The van der Waals surface area contributed by atoms with Crippen LogP contribution in [0.1, 0.15) is 46.5 Å². The number of alkyl carbamates (subject to hydrolysis) is 1. The molecule has 0 bridgehead atoms. The third-order valence-corrected chi connectivity index (χ3v) is 4.55. The van der Waals surface area contributed by atoms with Gasteiger partial charge >= 0.3 is 6.09 Å². The van der Waals surface area contributed by atoms with Gasteiger partial charge in [0, 0.05) is 18.8 Å². The van der Waals surface area contributed by atoms with Gasteiger partial charge in [-0.1, -0.05) is 12.8 Å². The highest BCUT2D eigenvalue weighted by Crippen LogP contribution is 2.29. The number of hydrogen-bond acceptors (Lipinski definition) is 4. The van der Waals surface area contributed by atoms with Crippen LogP contribution in [0.5, 0.6) is 0 Å². The predicted octanol–water partition coefficient (Wildman–Crippen LogP) is 4.34. The van der Waals surface area contributed by atoms with Crippen molar-refractivity contribution in [2.45, 2.75) is 58.1 Å². The van der Waals surface area contributed by atoms with Gasteiger partial charge in [0.05, 0.1) is 5.69 Å². The Kier molecular flexibility index (Phi) is 6.27. The van der Waals surface area contributed by atoms with E-state index in [1.54, 1.807) is 6.20 Å². The second-order valence-electron chi connectivity index (χ2n) is 7.02. The Labute approximate surface area is 146 Å². The van der Waals surface area contributed by atoms with Crippen LogP contribution in [0.15, 0.2) is 22.9 Å². The van der Waals surface area contributed by atoms with Crippen LogP contribution in [-0.4, -0.2) is 29.3 Å². The Morgan fingerprint density at radius 2 is 2.13 bits per heavy atom. The summed E-state index contributed by atoms with van der Waals surface area (Å²) in [4.78, 5) is 16.1. The molecule has 6 heteroatoms. The van der Waals surface area contributed by atoms with E-state index in [1.165, 1.54) is 12.8 Å². The van der Waals surface area contributed by atoms with Crippen molar-refractivity contribution in [1.82, 2.24) is 10.3 Å². The number of anilines is 1. The van der Waals surface area contributed by atoms with Crippen molar-refractivity contribution < 1.29 is 9.53 Å². The normalized spacial score (nSPS) is 21.6. The Hall–Kier alpha value is -1.30. The van der Waals surface area contributed by atoms with Crippen molar-refractivity contribution in [3.8, 4) is 0 Å². The Bertz CT molecular complexity index is 531. The fraction of sp³-hybridized carbons (Fsp3) is 0.647. The molecule has 1 saturated carbocycles.